The molecule has 1 fully saturated rings. The van der Waals surface area contributed by atoms with Gasteiger partial charge in [0.05, 0.1) is 0 Å². The molecule has 0 saturated heterocycles. The van der Waals surface area contributed by atoms with E-state index in [1.807, 2.05) is 34.6 Å². The molecule has 4 nitrogen and oxygen atoms in total. The van der Waals surface area contributed by atoms with Gasteiger partial charge < -0.3 is 15.8 Å². The molecule has 0 aromatic carbocycles. The second-order valence-corrected chi connectivity index (χ2v) is 5.27. The Labute approximate surface area is 105 Å². The first-order valence-corrected chi connectivity index (χ1v) is 6.62. The lowest BCUT2D eigenvalue weighted by Gasteiger charge is -2.28. The van der Waals surface area contributed by atoms with Crippen molar-refractivity contribution in [2.75, 3.05) is 0 Å². The Morgan fingerprint density at radius 2 is 1.88 bits per heavy atom. The summed E-state index contributed by atoms with van der Waals surface area (Å²) in [5.74, 6) is 0. The fraction of sp³-hybridized carbons (Fsp3) is 0.923. The lowest BCUT2D eigenvalue weighted by Crippen LogP contribution is -2.44. The summed E-state index contributed by atoms with van der Waals surface area (Å²) in [7, 11) is 0. The van der Waals surface area contributed by atoms with Crippen LogP contribution in [0.25, 0.3) is 0 Å². The molecule has 1 saturated carbocycles. The number of hydrogen-bond acceptors (Lipinski definition) is 3. The van der Waals surface area contributed by atoms with Gasteiger partial charge in [0.1, 0.15) is 5.60 Å². The predicted octanol–water partition coefficient (Wildman–Crippen LogP) is 2.81. The van der Waals surface area contributed by atoms with Crippen LogP contribution in [0.5, 0.6) is 0 Å². The van der Waals surface area contributed by atoms with E-state index >= 15 is 0 Å². The number of amides is 1. The smallest absolute Gasteiger partial charge is 0.407 e. The summed E-state index contributed by atoms with van der Waals surface area (Å²) < 4.78 is 5.18. The lowest BCUT2D eigenvalue weighted by molar-refractivity contribution is 0.0491. The van der Waals surface area contributed by atoms with Crippen molar-refractivity contribution < 1.29 is 9.53 Å². The first kappa shape index (κ1) is 16.2. The van der Waals surface area contributed by atoms with Crippen LogP contribution in [0.3, 0.4) is 0 Å². The van der Waals surface area contributed by atoms with E-state index in [9.17, 15) is 4.79 Å². The maximum atomic E-state index is 11.5. The monoisotopic (exact) mass is 244 g/mol. The molecule has 3 N–H and O–H groups in total. The lowest BCUT2D eigenvalue weighted by atomic mass is 9.92. The van der Waals surface area contributed by atoms with Gasteiger partial charge in [-0.05, 0) is 46.5 Å². The van der Waals surface area contributed by atoms with Crippen molar-refractivity contribution in [2.45, 2.75) is 78.0 Å². The molecule has 1 aliphatic rings. The molecule has 0 aromatic heterocycles. The number of carbonyl (C=O) groups excluding carboxylic acids is 1. The van der Waals surface area contributed by atoms with Crippen molar-refractivity contribution in [1.29, 1.82) is 0 Å². The molecule has 17 heavy (non-hydrogen) atoms. The van der Waals surface area contributed by atoms with Crippen LogP contribution in [0.4, 0.5) is 4.79 Å². The van der Waals surface area contributed by atoms with E-state index in [0.717, 1.165) is 25.7 Å². The molecule has 1 aliphatic carbocycles. The third-order valence-electron chi connectivity index (χ3n) is 2.44. The summed E-state index contributed by atoms with van der Waals surface area (Å²) in [5, 5.41) is 2.86. The molecular weight excluding hydrogens is 216 g/mol. The van der Waals surface area contributed by atoms with Crippen molar-refractivity contribution in [2.24, 2.45) is 5.73 Å². The van der Waals surface area contributed by atoms with E-state index in [-0.39, 0.29) is 18.2 Å². The van der Waals surface area contributed by atoms with E-state index in [0.29, 0.717) is 0 Å². The minimum Gasteiger partial charge on any atom is -0.444 e. The van der Waals surface area contributed by atoms with Crippen LogP contribution in [-0.4, -0.2) is 23.8 Å². The molecular formula is C13H28N2O2. The van der Waals surface area contributed by atoms with E-state index in [1.165, 1.54) is 0 Å². The topological polar surface area (TPSA) is 64.3 Å². The maximum Gasteiger partial charge on any atom is 0.407 e. The van der Waals surface area contributed by atoms with Crippen molar-refractivity contribution in [1.82, 2.24) is 5.32 Å². The van der Waals surface area contributed by atoms with Crippen molar-refractivity contribution in [3.05, 3.63) is 0 Å². The summed E-state index contributed by atoms with van der Waals surface area (Å²) in [6, 6.07) is 0.405. The summed E-state index contributed by atoms with van der Waals surface area (Å²) in [4.78, 5) is 11.5. The first-order chi connectivity index (χ1) is 7.87. The Bertz CT molecular complexity index is 224. The molecule has 0 radical (unpaired) electrons. The average molecular weight is 244 g/mol. The number of alkyl carbamates (subject to hydrolysis) is 1. The Morgan fingerprint density at radius 3 is 2.35 bits per heavy atom. The number of ether oxygens (including phenoxy) is 1. The maximum absolute atomic E-state index is 11.5. The normalized spacial score (nSPS) is 24.4. The van der Waals surface area contributed by atoms with Gasteiger partial charge in [-0.15, -0.1) is 0 Å². The summed E-state index contributed by atoms with van der Waals surface area (Å²) >= 11 is 0. The van der Waals surface area contributed by atoms with Gasteiger partial charge in [0.25, 0.3) is 0 Å². The Balaban J connectivity index is 0.00000121. The molecule has 0 aliphatic heterocycles. The van der Waals surface area contributed by atoms with E-state index in [2.05, 4.69) is 5.32 Å². The SMILES string of the molecule is CC.CC(C)(C)OC(=O)NC1CCCC(N)C1. The molecule has 0 bridgehead atoms. The van der Waals surface area contributed by atoms with Gasteiger partial charge in [-0.2, -0.15) is 0 Å². The van der Waals surface area contributed by atoms with Crippen LogP contribution in [-0.2, 0) is 4.74 Å². The van der Waals surface area contributed by atoms with Gasteiger partial charge >= 0.3 is 6.09 Å². The number of carbonyl (C=O) groups is 1. The van der Waals surface area contributed by atoms with E-state index in [1.54, 1.807) is 0 Å². The van der Waals surface area contributed by atoms with E-state index < -0.39 is 5.60 Å². The van der Waals surface area contributed by atoms with Gasteiger partial charge in [-0.3, -0.25) is 0 Å². The predicted molar refractivity (Wildman–Crippen MR) is 70.9 cm³/mol. The first-order valence-electron chi connectivity index (χ1n) is 6.62. The van der Waals surface area contributed by atoms with Crippen LogP contribution in [0.2, 0.25) is 0 Å². The van der Waals surface area contributed by atoms with Crippen LogP contribution in [0, 0.1) is 0 Å². The highest BCUT2D eigenvalue weighted by molar-refractivity contribution is 5.68. The van der Waals surface area contributed by atoms with Crippen molar-refractivity contribution >= 4 is 6.09 Å². The van der Waals surface area contributed by atoms with Crippen LogP contribution >= 0.6 is 0 Å². The van der Waals surface area contributed by atoms with Crippen molar-refractivity contribution in [3.8, 4) is 0 Å². The zero-order valence-electron chi connectivity index (χ0n) is 11.9. The van der Waals surface area contributed by atoms with Gasteiger partial charge in [-0.1, -0.05) is 13.8 Å². The third kappa shape index (κ3) is 8.02. The summed E-state index contributed by atoms with van der Waals surface area (Å²) in [6.07, 6.45) is 3.68. The highest BCUT2D eigenvalue weighted by atomic mass is 16.6. The molecule has 102 valence electrons. The number of nitrogens with one attached hydrogen (secondary N) is 1. The largest absolute Gasteiger partial charge is 0.444 e. The number of nitrogens with two attached hydrogens (primary N) is 1. The number of hydrogen-bond donors (Lipinski definition) is 2. The average Bonchev–Trinajstić information content (AvgIpc) is 2.17. The highest BCUT2D eigenvalue weighted by Crippen LogP contribution is 2.17. The molecule has 2 atom stereocenters. The summed E-state index contributed by atoms with van der Waals surface area (Å²) in [5.41, 5.74) is 5.41. The molecule has 0 heterocycles. The van der Waals surface area contributed by atoms with Crippen LogP contribution < -0.4 is 11.1 Å². The fourth-order valence-corrected chi connectivity index (χ4v) is 1.83. The number of rotatable bonds is 1. The zero-order chi connectivity index (χ0) is 13.5. The Kier molecular flexibility index (Phi) is 7.19. The van der Waals surface area contributed by atoms with Gasteiger partial charge in [0, 0.05) is 12.1 Å². The molecule has 4 heteroatoms. The van der Waals surface area contributed by atoms with Crippen LogP contribution in [0.1, 0.15) is 60.3 Å². The molecule has 2 unspecified atom stereocenters. The van der Waals surface area contributed by atoms with Gasteiger partial charge in [-0.25, -0.2) is 4.79 Å². The van der Waals surface area contributed by atoms with Gasteiger partial charge in [0.15, 0.2) is 0 Å². The third-order valence-corrected chi connectivity index (χ3v) is 2.44. The minimum absolute atomic E-state index is 0.184. The standard InChI is InChI=1S/C11H22N2O2.C2H6/c1-11(2,3)15-10(14)13-9-6-4-5-8(12)7-9;1-2/h8-9H,4-7,12H2,1-3H3,(H,13,14);1-2H3. The molecule has 0 aromatic rings. The van der Waals surface area contributed by atoms with Crippen LogP contribution in [0.15, 0.2) is 0 Å². The fourth-order valence-electron chi connectivity index (χ4n) is 1.83. The zero-order valence-corrected chi connectivity index (χ0v) is 11.9. The molecule has 1 amide bonds. The van der Waals surface area contributed by atoms with Crippen molar-refractivity contribution in [3.63, 3.8) is 0 Å². The van der Waals surface area contributed by atoms with E-state index in [4.69, 9.17) is 10.5 Å². The second kappa shape index (κ2) is 7.54. The van der Waals surface area contributed by atoms with Gasteiger partial charge in [0.2, 0.25) is 0 Å². The Morgan fingerprint density at radius 1 is 1.29 bits per heavy atom. The minimum atomic E-state index is -0.430. The summed E-state index contributed by atoms with van der Waals surface area (Å²) in [6.45, 7) is 9.58. The highest BCUT2D eigenvalue weighted by Gasteiger charge is 2.23. The molecule has 0 spiro atoms. The second-order valence-electron chi connectivity index (χ2n) is 5.27. The molecule has 1 rings (SSSR count). The Hall–Kier alpha value is -0.770. The quantitative estimate of drug-likeness (QED) is 0.745.